The highest BCUT2D eigenvalue weighted by molar-refractivity contribution is 9.10. The van der Waals surface area contributed by atoms with Gasteiger partial charge in [0.2, 0.25) is 0 Å². The van der Waals surface area contributed by atoms with Crippen molar-refractivity contribution in [3.05, 3.63) is 46.6 Å². The number of hydrazone groups is 1. The Labute approximate surface area is 132 Å². The molecule has 0 unspecified atom stereocenters. The molecule has 1 heterocycles. The van der Waals surface area contributed by atoms with Gasteiger partial charge >= 0.3 is 0 Å². The van der Waals surface area contributed by atoms with Crippen LogP contribution in [0.5, 0.6) is 11.5 Å². The second kappa shape index (κ2) is 7.64. The third kappa shape index (κ3) is 4.19. The monoisotopic (exact) mass is 349 g/mol. The van der Waals surface area contributed by atoms with Crippen LogP contribution in [0.3, 0.4) is 0 Å². The lowest BCUT2D eigenvalue weighted by atomic mass is 10.2. The largest absolute Gasteiger partial charge is 0.493 e. The topological polar surface area (TPSA) is 55.7 Å². The fraction of sp³-hybridized carbons (Fsp3) is 0.200. The molecule has 0 amide bonds. The van der Waals surface area contributed by atoms with Gasteiger partial charge in [0.05, 0.1) is 24.4 Å². The van der Waals surface area contributed by atoms with E-state index in [1.54, 1.807) is 19.5 Å². The number of rotatable bonds is 6. The number of benzene rings is 1. The van der Waals surface area contributed by atoms with Crippen LogP contribution in [0.4, 0.5) is 5.82 Å². The normalized spacial score (nSPS) is 10.6. The first-order valence-electron chi connectivity index (χ1n) is 6.45. The van der Waals surface area contributed by atoms with Crippen molar-refractivity contribution in [1.29, 1.82) is 0 Å². The van der Waals surface area contributed by atoms with Crippen LogP contribution in [0.15, 0.2) is 46.1 Å². The van der Waals surface area contributed by atoms with E-state index in [1.807, 2.05) is 37.3 Å². The molecule has 0 aliphatic rings. The van der Waals surface area contributed by atoms with Crippen molar-refractivity contribution in [3.63, 3.8) is 0 Å². The Morgan fingerprint density at radius 2 is 2.24 bits per heavy atom. The zero-order valence-corrected chi connectivity index (χ0v) is 13.4. The van der Waals surface area contributed by atoms with Gasteiger partial charge in [-0.1, -0.05) is 6.07 Å². The molecule has 6 heteroatoms. The number of ether oxygens (including phenoxy) is 2. The Bertz CT molecular complexity index is 618. The molecule has 0 aliphatic heterocycles. The van der Waals surface area contributed by atoms with Crippen molar-refractivity contribution in [2.45, 2.75) is 6.92 Å². The number of hydrogen-bond donors (Lipinski definition) is 1. The van der Waals surface area contributed by atoms with E-state index in [2.05, 4.69) is 31.4 Å². The summed E-state index contributed by atoms with van der Waals surface area (Å²) in [6.07, 6.45) is 3.39. The predicted octanol–water partition coefficient (Wildman–Crippen LogP) is 3.70. The first-order valence-corrected chi connectivity index (χ1v) is 7.24. The van der Waals surface area contributed by atoms with Crippen molar-refractivity contribution in [2.75, 3.05) is 19.1 Å². The first kappa shape index (κ1) is 15.3. The number of pyridine rings is 1. The van der Waals surface area contributed by atoms with Crippen molar-refractivity contribution in [3.8, 4) is 11.5 Å². The minimum Gasteiger partial charge on any atom is -0.493 e. The average molecular weight is 350 g/mol. The molecular formula is C15H16BrN3O2. The molecule has 0 bridgehead atoms. The summed E-state index contributed by atoms with van der Waals surface area (Å²) in [5, 5.41) is 4.15. The van der Waals surface area contributed by atoms with Gasteiger partial charge in [-0.25, -0.2) is 4.98 Å². The molecule has 2 aromatic rings. The molecule has 1 N–H and O–H groups in total. The Balaban J connectivity index is 2.15. The molecule has 1 aromatic carbocycles. The van der Waals surface area contributed by atoms with Gasteiger partial charge < -0.3 is 9.47 Å². The number of methoxy groups -OCH3 is 1. The van der Waals surface area contributed by atoms with Crippen molar-refractivity contribution < 1.29 is 9.47 Å². The SMILES string of the molecule is CCOc1c(Br)cc(/C=N/Nc2ccccn2)cc1OC. The van der Waals surface area contributed by atoms with Crippen LogP contribution < -0.4 is 14.9 Å². The average Bonchev–Trinajstić information content (AvgIpc) is 2.51. The van der Waals surface area contributed by atoms with Gasteiger partial charge in [0.25, 0.3) is 0 Å². The van der Waals surface area contributed by atoms with E-state index in [0.29, 0.717) is 23.9 Å². The Morgan fingerprint density at radius 3 is 2.90 bits per heavy atom. The van der Waals surface area contributed by atoms with Crippen molar-refractivity contribution in [2.24, 2.45) is 5.10 Å². The Kier molecular flexibility index (Phi) is 5.57. The lowest BCUT2D eigenvalue weighted by Crippen LogP contribution is -1.98. The second-order valence-electron chi connectivity index (χ2n) is 4.05. The van der Waals surface area contributed by atoms with Crippen LogP contribution in [0.25, 0.3) is 0 Å². The first-order chi connectivity index (χ1) is 10.2. The maximum absolute atomic E-state index is 5.55. The van der Waals surface area contributed by atoms with Gasteiger partial charge in [-0.2, -0.15) is 5.10 Å². The molecule has 110 valence electrons. The zero-order valence-electron chi connectivity index (χ0n) is 11.8. The molecule has 0 radical (unpaired) electrons. The molecule has 0 spiro atoms. The van der Waals surface area contributed by atoms with Gasteiger partial charge in [0, 0.05) is 6.20 Å². The molecule has 2 rings (SSSR count). The molecule has 21 heavy (non-hydrogen) atoms. The Morgan fingerprint density at radius 1 is 1.38 bits per heavy atom. The van der Waals surface area contributed by atoms with Crippen LogP contribution in [0.1, 0.15) is 12.5 Å². The van der Waals surface area contributed by atoms with E-state index in [-0.39, 0.29) is 0 Å². The summed E-state index contributed by atoms with van der Waals surface area (Å²) in [5.74, 6) is 2.03. The van der Waals surface area contributed by atoms with E-state index in [0.717, 1.165) is 10.0 Å². The van der Waals surface area contributed by atoms with Crippen molar-refractivity contribution >= 4 is 28.0 Å². The lowest BCUT2D eigenvalue weighted by molar-refractivity contribution is 0.309. The third-order valence-corrected chi connectivity index (χ3v) is 3.19. The fourth-order valence-corrected chi connectivity index (χ4v) is 2.27. The quantitative estimate of drug-likeness (QED) is 0.638. The molecule has 0 saturated heterocycles. The smallest absolute Gasteiger partial charge is 0.175 e. The van der Waals surface area contributed by atoms with Crippen molar-refractivity contribution in [1.82, 2.24) is 4.98 Å². The standard InChI is InChI=1S/C15H16BrN3O2/c1-3-21-15-12(16)8-11(9-13(15)20-2)10-18-19-14-6-4-5-7-17-14/h4-10H,3H2,1-2H3,(H,17,19)/b18-10+. The minimum absolute atomic E-state index is 0.573. The minimum atomic E-state index is 0.573. The molecule has 0 saturated carbocycles. The zero-order chi connectivity index (χ0) is 15.1. The predicted molar refractivity (Wildman–Crippen MR) is 87.3 cm³/mol. The summed E-state index contributed by atoms with van der Waals surface area (Å²) in [6, 6.07) is 9.35. The fourth-order valence-electron chi connectivity index (χ4n) is 1.70. The highest BCUT2D eigenvalue weighted by Crippen LogP contribution is 2.36. The van der Waals surface area contributed by atoms with Gasteiger partial charge in [-0.15, -0.1) is 0 Å². The van der Waals surface area contributed by atoms with E-state index in [1.165, 1.54) is 0 Å². The maximum Gasteiger partial charge on any atom is 0.175 e. The van der Waals surface area contributed by atoms with E-state index in [9.17, 15) is 0 Å². The molecule has 5 nitrogen and oxygen atoms in total. The number of hydrogen-bond acceptors (Lipinski definition) is 5. The number of halogens is 1. The van der Waals surface area contributed by atoms with Crippen LogP contribution >= 0.6 is 15.9 Å². The highest BCUT2D eigenvalue weighted by atomic mass is 79.9. The van der Waals surface area contributed by atoms with Crippen LogP contribution in [-0.2, 0) is 0 Å². The van der Waals surface area contributed by atoms with Crippen LogP contribution in [0, 0.1) is 0 Å². The summed E-state index contributed by atoms with van der Waals surface area (Å²) < 4.78 is 11.7. The summed E-state index contributed by atoms with van der Waals surface area (Å²) in [7, 11) is 1.61. The Hall–Kier alpha value is -2.08. The number of aromatic nitrogens is 1. The van der Waals surface area contributed by atoms with Gasteiger partial charge in [-0.3, -0.25) is 5.43 Å². The van der Waals surface area contributed by atoms with E-state index in [4.69, 9.17) is 9.47 Å². The highest BCUT2D eigenvalue weighted by Gasteiger charge is 2.10. The molecule has 0 aliphatic carbocycles. The lowest BCUT2D eigenvalue weighted by Gasteiger charge is -2.11. The molecular weight excluding hydrogens is 334 g/mol. The van der Waals surface area contributed by atoms with Crippen LogP contribution in [-0.4, -0.2) is 24.9 Å². The molecule has 1 aromatic heterocycles. The third-order valence-electron chi connectivity index (χ3n) is 2.60. The summed E-state index contributed by atoms with van der Waals surface area (Å²) in [6.45, 7) is 2.50. The van der Waals surface area contributed by atoms with Gasteiger partial charge in [-0.05, 0) is 52.7 Å². The van der Waals surface area contributed by atoms with Crippen LogP contribution in [0.2, 0.25) is 0 Å². The maximum atomic E-state index is 5.55. The summed E-state index contributed by atoms with van der Waals surface area (Å²) >= 11 is 3.48. The summed E-state index contributed by atoms with van der Waals surface area (Å²) in [5.41, 5.74) is 3.74. The number of nitrogens with zero attached hydrogens (tertiary/aromatic N) is 2. The second-order valence-corrected chi connectivity index (χ2v) is 4.91. The van der Waals surface area contributed by atoms with Gasteiger partial charge in [0.1, 0.15) is 5.82 Å². The van der Waals surface area contributed by atoms with Gasteiger partial charge in [0.15, 0.2) is 11.5 Å². The van der Waals surface area contributed by atoms with E-state index < -0.39 is 0 Å². The number of nitrogens with one attached hydrogen (secondary N) is 1. The number of anilines is 1. The molecule has 0 atom stereocenters. The summed E-state index contributed by atoms with van der Waals surface area (Å²) in [4.78, 5) is 4.12. The van der Waals surface area contributed by atoms with E-state index >= 15 is 0 Å². The molecule has 0 fully saturated rings.